The zero-order chi connectivity index (χ0) is 31.2. The lowest BCUT2D eigenvalue weighted by atomic mass is 9.96. The number of aromatic nitrogens is 1. The van der Waals surface area contributed by atoms with Crippen molar-refractivity contribution in [3.05, 3.63) is 75.7 Å². The van der Waals surface area contributed by atoms with Crippen molar-refractivity contribution in [2.24, 2.45) is 5.41 Å². The molecule has 13 heteroatoms. The van der Waals surface area contributed by atoms with Crippen LogP contribution >= 0.6 is 11.6 Å². The van der Waals surface area contributed by atoms with Crippen LogP contribution < -0.4 is 21.6 Å². The summed E-state index contributed by atoms with van der Waals surface area (Å²) in [5.41, 5.74) is 6.05. The molecule has 3 aromatic rings. The van der Waals surface area contributed by atoms with Gasteiger partial charge in [-0.2, -0.15) is 29.0 Å². The molecule has 1 fully saturated rings. The van der Waals surface area contributed by atoms with Crippen molar-refractivity contribution in [1.82, 2.24) is 21.0 Å². The Morgan fingerprint density at radius 3 is 2.37 bits per heavy atom. The Morgan fingerprint density at radius 2 is 1.77 bits per heavy atom. The lowest BCUT2D eigenvalue weighted by Crippen LogP contribution is -2.52. The highest BCUT2D eigenvalue weighted by Gasteiger charge is 2.67. The van der Waals surface area contributed by atoms with E-state index in [0.29, 0.717) is 45.6 Å². The molecule has 0 unspecified atom stereocenters. The third kappa shape index (κ3) is 5.58. The van der Waals surface area contributed by atoms with Gasteiger partial charge in [0.25, 0.3) is 0 Å². The average molecular weight is 606 g/mol. The van der Waals surface area contributed by atoms with Crippen LogP contribution in [0.1, 0.15) is 61.9 Å². The number of nitriles is 3. The highest BCUT2D eigenvalue weighted by molar-refractivity contribution is 6.32. The van der Waals surface area contributed by atoms with Gasteiger partial charge in [-0.3, -0.25) is 9.99 Å². The second-order valence-electron chi connectivity index (χ2n) is 11.7. The number of alkyl halides is 3. The zero-order valence-electron chi connectivity index (χ0n) is 23.5. The van der Waals surface area contributed by atoms with E-state index in [1.807, 2.05) is 26.8 Å². The molecule has 2 aromatic carbocycles. The summed E-state index contributed by atoms with van der Waals surface area (Å²) in [6, 6.07) is 13.6. The van der Waals surface area contributed by atoms with E-state index in [1.54, 1.807) is 30.3 Å². The normalized spacial score (nSPS) is 16.4. The third-order valence-corrected chi connectivity index (χ3v) is 7.81. The third-order valence-electron chi connectivity index (χ3n) is 7.39. The minimum Gasteiger partial charge on any atom is -0.383 e. The lowest BCUT2D eigenvalue weighted by Gasteiger charge is -2.28. The molecule has 1 aliphatic carbocycles. The molecule has 0 saturated heterocycles. The Hall–Kier alpha value is -4.70. The van der Waals surface area contributed by atoms with Crippen LogP contribution in [0, 0.1) is 39.4 Å². The summed E-state index contributed by atoms with van der Waals surface area (Å²) in [6.07, 6.45) is -1.83. The Kier molecular flexibility index (Phi) is 7.52. The Bertz CT molecular complexity index is 1750. The molecule has 1 saturated carbocycles. The van der Waals surface area contributed by atoms with E-state index in [2.05, 4.69) is 38.7 Å². The van der Waals surface area contributed by atoms with Gasteiger partial charge in [-0.05, 0) is 36.5 Å². The predicted molar refractivity (Wildman–Crippen MR) is 156 cm³/mol. The Balaban J connectivity index is 1.64. The van der Waals surface area contributed by atoms with E-state index < -0.39 is 17.8 Å². The van der Waals surface area contributed by atoms with E-state index in [9.17, 15) is 29.0 Å². The maximum absolute atomic E-state index is 13.9. The molecule has 4 N–H and O–H groups in total. The van der Waals surface area contributed by atoms with Gasteiger partial charge in [0, 0.05) is 35.6 Å². The van der Waals surface area contributed by atoms with Gasteiger partial charge in [0.15, 0.2) is 5.54 Å². The summed E-state index contributed by atoms with van der Waals surface area (Å²) in [7, 11) is 0. The topological polar surface area (TPSA) is 136 Å². The number of fused-ring (bicyclic) bond motifs is 1. The van der Waals surface area contributed by atoms with E-state index in [-0.39, 0.29) is 34.4 Å². The van der Waals surface area contributed by atoms with Gasteiger partial charge >= 0.3 is 6.18 Å². The second kappa shape index (κ2) is 10.9. The SMILES string of the molecule is CC(C)(C)CNc1c(C#N)cnc2c(C#N)cc(N[C@H](C3=CN(C4(C(F)(F)F)CC4)NN3)c3cccc(C#N)c3Cl)cc12. The summed E-state index contributed by atoms with van der Waals surface area (Å²) in [6.45, 7) is 6.64. The Labute approximate surface area is 251 Å². The summed E-state index contributed by atoms with van der Waals surface area (Å²) in [4.78, 5) is 4.37. The van der Waals surface area contributed by atoms with Gasteiger partial charge in [0.2, 0.25) is 0 Å². The molecule has 0 bridgehead atoms. The smallest absolute Gasteiger partial charge is 0.383 e. The molecule has 1 aliphatic heterocycles. The fourth-order valence-corrected chi connectivity index (χ4v) is 5.21. The number of hydrazine groups is 2. The van der Waals surface area contributed by atoms with Crippen molar-refractivity contribution < 1.29 is 13.2 Å². The predicted octanol–water partition coefficient (Wildman–Crippen LogP) is 6.38. The molecule has 0 amide bonds. The zero-order valence-corrected chi connectivity index (χ0v) is 24.2. The highest BCUT2D eigenvalue weighted by atomic mass is 35.5. The average Bonchev–Trinajstić information content (AvgIpc) is 3.65. The van der Waals surface area contributed by atoms with Crippen LogP contribution in [0.15, 0.2) is 48.4 Å². The van der Waals surface area contributed by atoms with Crippen molar-refractivity contribution in [2.45, 2.75) is 51.4 Å². The standard InChI is InChI=1S/C30H27ClF3N9/c1-28(2,3)16-39-26-19(13-37)14-38-25-18(12-36)9-20(10-22(25)26)40-27(21-6-4-5-17(11-35)24(21)31)23-15-43(42-41-23)29(7-8-29)30(32,33)34/h4-6,9-10,14-15,27,40-42H,7-8,16H2,1-3H3,(H,38,39)/t27-/m0/s1. The fraction of sp³-hybridized carbons (Fsp3) is 0.333. The van der Waals surface area contributed by atoms with Crippen molar-refractivity contribution in [1.29, 1.82) is 15.8 Å². The van der Waals surface area contributed by atoms with E-state index in [4.69, 9.17) is 11.6 Å². The first-order chi connectivity index (χ1) is 20.3. The number of anilines is 2. The molecule has 0 spiro atoms. The number of pyridine rings is 1. The van der Waals surface area contributed by atoms with E-state index in [0.717, 1.165) is 5.01 Å². The summed E-state index contributed by atoms with van der Waals surface area (Å²) >= 11 is 6.62. The largest absolute Gasteiger partial charge is 0.413 e. The van der Waals surface area contributed by atoms with Crippen molar-refractivity contribution in [3.8, 4) is 18.2 Å². The molecule has 2 heterocycles. The Morgan fingerprint density at radius 1 is 1.07 bits per heavy atom. The molecule has 43 heavy (non-hydrogen) atoms. The lowest BCUT2D eigenvalue weighted by molar-refractivity contribution is -0.195. The molecular weight excluding hydrogens is 579 g/mol. The van der Waals surface area contributed by atoms with Gasteiger partial charge in [-0.15, -0.1) is 5.53 Å². The number of nitrogens with zero attached hydrogens (tertiary/aromatic N) is 5. The van der Waals surface area contributed by atoms with Crippen LogP contribution in [0.25, 0.3) is 10.9 Å². The molecule has 0 radical (unpaired) electrons. The first-order valence-electron chi connectivity index (χ1n) is 13.4. The monoisotopic (exact) mass is 605 g/mol. The summed E-state index contributed by atoms with van der Waals surface area (Å²) in [5, 5.41) is 37.7. The maximum atomic E-state index is 13.9. The molecule has 9 nitrogen and oxygen atoms in total. The van der Waals surface area contributed by atoms with Crippen molar-refractivity contribution >= 4 is 33.9 Å². The number of hydrogen-bond acceptors (Lipinski definition) is 9. The van der Waals surface area contributed by atoms with E-state index >= 15 is 0 Å². The quantitative estimate of drug-likeness (QED) is 0.242. The van der Waals surface area contributed by atoms with Gasteiger partial charge in [0.05, 0.1) is 44.7 Å². The minimum absolute atomic E-state index is 0.0630. The number of benzene rings is 2. The molecular formula is C30H27ClF3N9. The highest BCUT2D eigenvalue weighted by Crippen LogP contribution is 2.54. The van der Waals surface area contributed by atoms with Gasteiger partial charge in [0.1, 0.15) is 18.2 Å². The number of halogens is 4. The van der Waals surface area contributed by atoms with Crippen LogP contribution in [0.4, 0.5) is 24.5 Å². The van der Waals surface area contributed by atoms with Gasteiger partial charge < -0.3 is 16.1 Å². The van der Waals surface area contributed by atoms with Crippen molar-refractivity contribution in [3.63, 3.8) is 0 Å². The minimum atomic E-state index is -4.46. The van der Waals surface area contributed by atoms with Crippen molar-refractivity contribution in [2.75, 3.05) is 17.2 Å². The first-order valence-corrected chi connectivity index (χ1v) is 13.7. The first kappa shape index (κ1) is 29.8. The van der Waals surface area contributed by atoms with Gasteiger partial charge in [-0.25, -0.2) is 0 Å². The molecule has 220 valence electrons. The molecule has 5 rings (SSSR count). The van der Waals surface area contributed by atoms with Crippen LogP contribution in [0.5, 0.6) is 0 Å². The number of rotatable bonds is 7. The number of nitrogens with one attached hydrogen (secondary N) is 4. The van der Waals surface area contributed by atoms with Gasteiger partial charge in [-0.1, -0.05) is 44.5 Å². The molecule has 2 aliphatic rings. The summed E-state index contributed by atoms with van der Waals surface area (Å²) in [5.74, 6) is 0. The molecule has 1 aromatic heterocycles. The van der Waals surface area contributed by atoms with Crippen LogP contribution in [-0.2, 0) is 0 Å². The second-order valence-corrected chi connectivity index (χ2v) is 12.1. The van der Waals surface area contributed by atoms with E-state index in [1.165, 1.54) is 12.4 Å². The maximum Gasteiger partial charge on any atom is 0.413 e. The number of hydrogen-bond donors (Lipinski definition) is 4. The molecule has 1 atom stereocenters. The van der Waals surface area contributed by atoms with Crippen LogP contribution in [0.3, 0.4) is 0 Å². The fourth-order valence-electron chi connectivity index (χ4n) is 4.93. The van der Waals surface area contributed by atoms with Crippen LogP contribution in [-0.4, -0.2) is 28.3 Å². The van der Waals surface area contributed by atoms with Crippen LogP contribution in [0.2, 0.25) is 5.02 Å². The summed E-state index contributed by atoms with van der Waals surface area (Å²) < 4.78 is 41.7.